The molecule has 0 unspecified atom stereocenters. The van der Waals surface area contributed by atoms with E-state index in [1.807, 2.05) is 6.92 Å². The van der Waals surface area contributed by atoms with Crippen molar-refractivity contribution < 1.29 is 12.8 Å². The number of aryl methyl sites for hydroxylation is 1. The molecule has 0 aliphatic heterocycles. The third kappa shape index (κ3) is 3.90. The average molecular weight is 363 g/mol. The summed E-state index contributed by atoms with van der Waals surface area (Å²) < 4.78 is 40.3. The summed E-state index contributed by atoms with van der Waals surface area (Å²) in [5.41, 5.74) is 1.20. The van der Waals surface area contributed by atoms with Crippen LogP contribution in [0.15, 0.2) is 58.9 Å². The van der Waals surface area contributed by atoms with Gasteiger partial charge in [-0.1, -0.05) is 6.07 Å². The molecule has 124 valence electrons. The fraction of sp³-hybridized carbons (Fsp3) is 0.0625. The Morgan fingerprint density at radius 2 is 1.92 bits per heavy atom. The van der Waals surface area contributed by atoms with Gasteiger partial charge in [-0.25, -0.2) is 17.8 Å². The minimum absolute atomic E-state index is 0.214. The molecule has 24 heavy (non-hydrogen) atoms. The van der Waals surface area contributed by atoms with E-state index in [4.69, 9.17) is 0 Å². The molecule has 0 atom stereocenters. The molecule has 0 amide bonds. The smallest absolute Gasteiger partial charge is 0.272 e. The zero-order valence-corrected chi connectivity index (χ0v) is 14.3. The van der Waals surface area contributed by atoms with Crippen molar-refractivity contribution in [3.8, 4) is 0 Å². The third-order valence-corrected chi connectivity index (χ3v) is 5.94. The number of nitrogens with one attached hydrogen (secondary N) is 2. The normalized spacial score (nSPS) is 11.2. The molecule has 2 heterocycles. The Kier molecular flexibility index (Phi) is 4.50. The molecule has 8 heteroatoms. The van der Waals surface area contributed by atoms with E-state index in [0.29, 0.717) is 11.4 Å². The fourth-order valence-electron chi connectivity index (χ4n) is 2.01. The van der Waals surface area contributed by atoms with E-state index in [-0.39, 0.29) is 15.8 Å². The Balaban J connectivity index is 1.73. The predicted octanol–water partition coefficient (Wildman–Crippen LogP) is 4.14. The van der Waals surface area contributed by atoms with E-state index in [0.717, 1.165) is 4.88 Å². The van der Waals surface area contributed by atoms with Crippen LogP contribution < -0.4 is 10.0 Å². The van der Waals surface area contributed by atoms with Gasteiger partial charge < -0.3 is 5.32 Å². The number of anilines is 3. The van der Waals surface area contributed by atoms with Crippen LogP contribution >= 0.6 is 11.3 Å². The van der Waals surface area contributed by atoms with Gasteiger partial charge in [-0.2, -0.15) is 0 Å². The Morgan fingerprint density at radius 1 is 1.08 bits per heavy atom. The summed E-state index contributed by atoms with van der Waals surface area (Å²) in [5, 5.41) is 2.99. The molecule has 0 spiro atoms. The van der Waals surface area contributed by atoms with E-state index in [1.54, 1.807) is 36.4 Å². The maximum atomic E-state index is 13.2. The molecular formula is C16H14FN3O2S2. The Hall–Kier alpha value is -2.45. The van der Waals surface area contributed by atoms with E-state index in [2.05, 4.69) is 15.0 Å². The lowest BCUT2D eigenvalue weighted by Gasteiger charge is -2.08. The number of hydrogen-bond acceptors (Lipinski definition) is 5. The van der Waals surface area contributed by atoms with Gasteiger partial charge in [0.15, 0.2) is 0 Å². The molecule has 5 nitrogen and oxygen atoms in total. The zero-order valence-electron chi connectivity index (χ0n) is 12.7. The first-order valence-electron chi connectivity index (χ1n) is 7.00. The lowest BCUT2D eigenvalue weighted by molar-refractivity contribution is 0.603. The lowest BCUT2D eigenvalue weighted by atomic mass is 10.3. The Morgan fingerprint density at radius 3 is 2.54 bits per heavy atom. The van der Waals surface area contributed by atoms with Crippen LogP contribution in [0, 0.1) is 12.7 Å². The molecule has 0 aliphatic carbocycles. The van der Waals surface area contributed by atoms with Gasteiger partial charge in [-0.3, -0.25) is 4.72 Å². The first kappa shape index (κ1) is 16.4. The number of aromatic nitrogens is 1. The van der Waals surface area contributed by atoms with Crippen molar-refractivity contribution in [3.05, 3.63) is 65.4 Å². The molecule has 0 bridgehead atoms. The highest BCUT2D eigenvalue weighted by atomic mass is 32.2. The minimum Gasteiger partial charge on any atom is -0.354 e. The van der Waals surface area contributed by atoms with Gasteiger partial charge in [0.25, 0.3) is 10.0 Å². The van der Waals surface area contributed by atoms with Crippen molar-refractivity contribution in [2.75, 3.05) is 10.0 Å². The zero-order chi connectivity index (χ0) is 17.2. The topological polar surface area (TPSA) is 71.1 Å². The van der Waals surface area contributed by atoms with E-state index in [9.17, 15) is 12.8 Å². The van der Waals surface area contributed by atoms with Gasteiger partial charge in [0.2, 0.25) is 0 Å². The number of thiophene rings is 1. The molecular weight excluding hydrogens is 349 g/mol. The van der Waals surface area contributed by atoms with Gasteiger partial charge in [-0.15, -0.1) is 11.3 Å². The number of benzene rings is 1. The molecule has 0 fully saturated rings. The third-order valence-electron chi connectivity index (χ3n) is 3.10. The minimum atomic E-state index is -3.63. The van der Waals surface area contributed by atoms with Crippen molar-refractivity contribution in [1.29, 1.82) is 0 Å². The summed E-state index contributed by atoms with van der Waals surface area (Å²) in [5.74, 6) is -0.130. The van der Waals surface area contributed by atoms with Crippen molar-refractivity contribution in [3.63, 3.8) is 0 Å². The first-order chi connectivity index (χ1) is 11.4. The summed E-state index contributed by atoms with van der Waals surface area (Å²) in [6.45, 7) is 1.84. The highest BCUT2D eigenvalue weighted by Crippen LogP contribution is 2.23. The summed E-state index contributed by atoms with van der Waals surface area (Å²) >= 11 is 1.19. The average Bonchev–Trinajstić information content (AvgIpc) is 2.97. The van der Waals surface area contributed by atoms with Crippen molar-refractivity contribution in [1.82, 2.24) is 4.98 Å². The van der Waals surface area contributed by atoms with Crippen LogP contribution in [0.1, 0.15) is 4.88 Å². The van der Waals surface area contributed by atoms with Crippen LogP contribution in [0.2, 0.25) is 0 Å². The van der Waals surface area contributed by atoms with Crippen LogP contribution in [0.25, 0.3) is 0 Å². The molecule has 3 aromatic rings. The van der Waals surface area contributed by atoms with Crippen LogP contribution in [-0.4, -0.2) is 13.4 Å². The van der Waals surface area contributed by atoms with Crippen molar-refractivity contribution in [2.24, 2.45) is 0 Å². The molecule has 3 rings (SSSR count). The summed E-state index contributed by atoms with van der Waals surface area (Å²) in [7, 11) is -3.63. The van der Waals surface area contributed by atoms with E-state index >= 15 is 0 Å². The SMILES string of the molecule is Cc1ccc(S(=O)(=O)Nc2ccc(Nc3cccc(F)c3)cn2)s1. The Bertz CT molecular complexity index is 953. The number of pyridine rings is 1. The maximum absolute atomic E-state index is 13.2. The van der Waals surface area contributed by atoms with E-state index in [1.165, 1.54) is 29.7 Å². The highest BCUT2D eigenvalue weighted by molar-refractivity contribution is 7.94. The first-order valence-corrected chi connectivity index (χ1v) is 9.30. The monoisotopic (exact) mass is 363 g/mol. The molecule has 0 saturated carbocycles. The maximum Gasteiger partial charge on any atom is 0.272 e. The van der Waals surface area contributed by atoms with Gasteiger partial charge >= 0.3 is 0 Å². The number of rotatable bonds is 5. The van der Waals surface area contributed by atoms with Crippen LogP contribution in [0.3, 0.4) is 0 Å². The number of sulfonamides is 1. The number of hydrogen-bond donors (Lipinski definition) is 2. The fourth-order valence-corrected chi connectivity index (χ4v) is 4.30. The molecule has 0 aliphatic rings. The Labute approximate surface area is 143 Å². The second kappa shape index (κ2) is 6.58. The standard InChI is InChI=1S/C16H14FN3O2S2/c1-11-5-8-16(23-11)24(21,22)20-15-7-6-14(10-18-15)19-13-4-2-3-12(17)9-13/h2-10,19H,1H3,(H,18,20). The van der Waals surface area contributed by atoms with Crippen molar-refractivity contribution >= 4 is 38.6 Å². The number of halogens is 1. The van der Waals surface area contributed by atoms with Gasteiger partial charge in [-0.05, 0) is 49.4 Å². The summed E-state index contributed by atoms with van der Waals surface area (Å²) in [6, 6.07) is 12.5. The molecule has 1 aromatic carbocycles. The van der Waals surface area contributed by atoms with Crippen LogP contribution in [-0.2, 0) is 10.0 Å². The highest BCUT2D eigenvalue weighted by Gasteiger charge is 2.16. The second-order valence-corrected chi connectivity index (χ2v) is 8.24. The summed E-state index contributed by atoms with van der Waals surface area (Å²) in [6.07, 6.45) is 1.47. The van der Waals surface area contributed by atoms with Crippen LogP contribution in [0.5, 0.6) is 0 Å². The second-order valence-electron chi connectivity index (χ2n) is 5.04. The molecule has 2 N–H and O–H groups in total. The molecule has 0 radical (unpaired) electrons. The predicted molar refractivity (Wildman–Crippen MR) is 93.8 cm³/mol. The summed E-state index contributed by atoms with van der Waals surface area (Å²) in [4.78, 5) is 4.99. The van der Waals surface area contributed by atoms with Gasteiger partial charge in [0.05, 0.1) is 11.9 Å². The number of nitrogens with zero attached hydrogens (tertiary/aromatic N) is 1. The van der Waals surface area contributed by atoms with Crippen LogP contribution in [0.4, 0.5) is 21.6 Å². The molecule has 0 saturated heterocycles. The largest absolute Gasteiger partial charge is 0.354 e. The molecule has 2 aromatic heterocycles. The van der Waals surface area contributed by atoms with Gasteiger partial charge in [0, 0.05) is 10.6 Å². The lowest BCUT2D eigenvalue weighted by Crippen LogP contribution is -2.12. The van der Waals surface area contributed by atoms with E-state index < -0.39 is 10.0 Å². The quantitative estimate of drug-likeness (QED) is 0.715. The van der Waals surface area contributed by atoms with Gasteiger partial charge in [0.1, 0.15) is 15.8 Å². The van der Waals surface area contributed by atoms with Crippen molar-refractivity contribution in [2.45, 2.75) is 11.1 Å².